The van der Waals surface area contributed by atoms with Crippen molar-refractivity contribution in [3.63, 3.8) is 0 Å². The Morgan fingerprint density at radius 1 is 1.11 bits per heavy atom. The van der Waals surface area contributed by atoms with E-state index in [0.717, 1.165) is 27.7 Å². The Morgan fingerprint density at radius 2 is 1.81 bits per heavy atom. The summed E-state index contributed by atoms with van der Waals surface area (Å²) in [5.41, 5.74) is 2.88. The maximum atomic E-state index is 12.5. The molecule has 1 aliphatic carbocycles. The van der Waals surface area contributed by atoms with E-state index in [1.54, 1.807) is 0 Å². The minimum absolute atomic E-state index is 0.0453. The number of aryl methyl sites for hydroxylation is 1. The first kappa shape index (κ1) is 17.3. The lowest BCUT2D eigenvalue weighted by Crippen LogP contribution is -2.38. The van der Waals surface area contributed by atoms with Crippen LogP contribution in [0.4, 0.5) is 0 Å². The monoisotopic (exact) mass is 363 g/mol. The molecular weight excluding hydrogens is 342 g/mol. The normalized spacial score (nSPS) is 14.9. The lowest BCUT2D eigenvalue weighted by atomic mass is 9.81. The fourth-order valence-corrected chi connectivity index (χ4v) is 3.91. The van der Waals surface area contributed by atoms with Gasteiger partial charge in [-0.2, -0.15) is 0 Å². The highest BCUT2D eigenvalue weighted by Crippen LogP contribution is 2.40. The summed E-state index contributed by atoms with van der Waals surface area (Å²) in [5.74, 6) is -0.544. The van der Waals surface area contributed by atoms with Crippen LogP contribution in [-0.4, -0.2) is 17.0 Å². The Hall–Kier alpha value is -3.08. The number of hydrogen-bond acceptors (Lipinski definition) is 3. The van der Waals surface area contributed by atoms with Crippen LogP contribution in [0, 0.1) is 12.3 Å². The molecule has 0 spiro atoms. The highest BCUT2D eigenvalue weighted by atomic mass is 16.4. The maximum absolute atomic E-state index is 12.5. The number of carboxylic acid groups (broad SMARTS) is 1. The SMILES string of the molecule is Cc1ccc2oc(CNC(=O)CC3(C(=O)O)Cc4ccccc4C3)cc2c1. The van der Waals surface area contributed by atoms with Gasteiger partial charge in [0.2, 0.25) is 5.91 Å². The van der Waals surface area contributed by atoms with Gasteiger partial charge in [-0.3, -0.25) is 9.59 Å². The third kappa shape index (κ3) is 3.33. The van der Waals surface area contributed by atoms with Crippen molar-refractivity contribution >= 4 is 22.8 Å². The predicted molar refractivity (Wildman–Crippen MR) is 101 cm³/mol. The minimum Gasteiger partial charge on any atom is -0.481 e. The van der Waals surface area contributed by atoms with E-state index >= 15 is 0 Å². The summed E-state index contributed by atoms with van der Waals surface area (Å²) in [5, 5.41) is 13.6. The quantitative estimate of drug-likeness (QED) is 0.726. The van der Waals surface area contributed by atoms with Gasteiger partial charge in [0.25, 0.3) is 0 Å². The number of carbonyl (C=O) groups is 2. The smallest absolute Gasteiger partial charge is 0.310 e. The van der Waals surface area contributed by atoms with E-state index < -0.39 is 11.4 Å². The van der Waals surface area contributed by atoms with Gasteiger partial charge in [0, 0.05) is 11.8 Å². The van der Waals surface area contributed by atoms with Gasteiger partial charge < -0.3 is 14.8 Å². The van der Waals surface area contributed by atoms with Crippen molar-refractivity contribution in [2.24, 2.45) is 5.41 Å². The summed E-state index contributed by atoms with van der Waals surface area (Å²) < 4.78 is 5.74. The average Bonchev–Trinajstić information content (AvgIpc) is 3.20. The number of fused-ring (bicyclic) bond motifs is 2. The molecule has 2 aromatic carbocycles. The molecule has 5 heteroatoms. The Balaban J connectivity index is 1.44. The lowest BCUT2D eigenvalue weighted by Gasteiger charge is -2.23. The van der Waals surface area contributed by atoms with Crippen LogP contribution in [0.25, 0.3) is 11.0 Å². The van der Waals surface area contributed by atoms with Crippen LogP contribution in [0.5, 0.6) is 0 Å². The molecule has 0 radical (unpaired) electrons. The number of aliphatic carboxylic acids is 1. The number of nitrogens with one attached hydrogen (secondary N) is 1. The largest absolute Gasteiger partial charge is 0.481 e. The summed E-state index contributed by atoms with van der Waals surface area (Å²) in [6.07, 6.45) is 0.724. The third-order valence-electron chi connectivity index (χ3n) is 5.31. The summed E-state index contributed by atoms with van der Waals surface area (Å²) in [6.45, 7) is 2.26. The second kappa shape index (κ2) is 6.58. The zero-order chi connectivity index (χ0) is 19.0. The molecule has 4 rings (SSSR count). The fraction of sp³-hybridized carbons (Fsp3) is 0.273. The van der Waals surface area contributed by atoms with Crippen molar-refractivity contribution in [2.75, 3.05) is 0 Å². The van der Waals surface area contributed by atoms with Crippen molar-refractivity contribution in [2.45, 2.75) is 32.7 Å². The van der Waals surface area contributed by atoms with Crippen molar-refractivity contribution in [1.82, 2.24) is 5.32 Å². The van der Waals surface area contributed by atoms with Crippen LogP contribution in [0.15, 0.2) is 52.9 Å². The van der Waals surface area contributed by atoms with E-state index in [2.05, 4.69) is 5.32 Å². The van der Waals surface area contributed by atoms with E-state index in [1.165, 1.54) is 0 Å². The van der Waals surface area contributed by atoms with Crippen molar-refractivity contribution in [3.05, 3.63) is 71.0 Å². The standard InChI is InChI=1S/C22H21NO4/c1-14-6-7-19-17(8-14)9-18(27-19)13-23-20(24)12-22(21(25)26)10-15-4-2-3-5-16(15)11-22/h2-9H,10-13H2,1H3,(H,23,24)(H,25,26). The van der Waals surface area contributed by atoms with Gasteiger partial charge in [-0.25, -0.2) is 0 Å². The molecule has 0 aliphatic heterocycles. The van der Waals surface area contributed by atoms with Gasteiger partial charge in [-0.05, 0) is 49.1 Å². The number of carboxylic acids is 1. The first-order valence-corrected chi connectivity index (χ1v) is 9.01. The van der Waals surface area contributed by atoms with E-state index in [9.17, 15) is 14.7 Å². The highest BCUT2D eigenvalue weighted by molar-refractivity contribution is 5.86. The van der Waals surface area contributed by atoms with Gasteiger partial charge >= 0.3 is 5.97 Å². The second-order valence-corrected chi connectivity index (χ2v) is 7.42. The molecule has 0 fully saturated rings. The van der Waals surface area contributed by atoms with E-state index in [4.69, 9.17) is 4.42 Å². The van der Waals surface area contributed by atoms with E-state index in [-0.39, 0.29) is 18.9 Å². The molecule has 1 amide bonds. The molecule has 27 heavy (non-hydrogen) atoms. The molecule has 5 nitrogen and oxygen atoms in total. The Morgan fingerprint density at radius 3 is 2.48 bits per heavy atom. The molecular formula is C22H21NO4. The number of rotatable bonds is 5. The first-order chi connectivity index (χ1) is 12.9. The molecule has 2 N–H and O–H groups in total. The molecule has 0 saturated carbocycles. The number of carbonyl (C=O) groups excluding carboxylic acids is 1. The zero-order valence-electron chi connectivity index (χ0n) is 15.1. The Kier molecular flexibility index (Phi) is 4.22. The zero-order valence-corrected chi connectivity index (χ0v) is 15.1. The van der Waals surface area contributed by atoms with E-state index in [1.807, 2.05) is 55.5 Å². The van der Waals surface area contributed by atoms with Crippen molar-refractivity contribution < 1.29 is 19.1 Å². The maximum Gasteiger partial charge on any atom is 0.310 e. The van der Waals surface area contributed by atoms with Gasteiger partial charge in [0.15, 0.2) is 0 Å². The summed E-state index contributed by atoms with van der Waals surface area (Å²) in [4.78, 5) is 24.4. The predicted octanol–water partition coefficient (Wildman–Crippen LogP) is 3.62. The second-order valence-electron chi connectivity index (χ2n) is 7.42. The Labute approximate surface area is 157 Å². The number of furan rings is 1. The summed E-state index contributed by atoms with van der Waals surface area (Å²) in [7, 11) is 0. The molecule has 0 saturated heterocycles. The molecule has 0 bridgehead atoms. The van der Waals surface area contributed by atoms with Crippen LogP contribution >= 0.6 is 0 Å². The van der Waals surface area contributed by atoms with Gasteiger partial charge in [0.1, 0.15) is 11.3 Å². The van der Waals surface area contributed by atoms with Gasteiger partial charge in [-0.15, -0.1) is 0 Å². The first-order valence-electron chi connectivity index (χ1n) is 9.01. The molecule has 3 aromatic rings. The molecule has 0 unspecified atom stereocenters. The molecule has 1 aliphatic rings. The molecule has 138 valence electrons. The van der Waals surface area contributed by atoms with Crippen LogP contribution in [0.1, 0.15) is 28.9 Å². The van der Waals surface area contributed by atoms with Gasteiger partial charge in [-0.1, -0.05) is 35.9 Å². The summed E-state index contributed by atoms with van der Waals surface area (Å²) in [6, 6.07) is 15.5. The van der Waals surface area contributed by atoms with Crippen LogP contribution < -0.4 is 5.32 Å². The van der Waals surface area contributed by atoms with Crippen LogP contribution in [-0.2, 0) is 29.0 Å². The van der Waals surface area contributed by atoms with Crippen LogP contribution in [0.3, 0.4) is 0 Å². The molecule has 0 atom stereocenters. The molecule has 1 heterocycles. The van der Waals surface area contributed by atoms with Crippen molar-refractivity contribution in [3.8, 4) is 0 Å². The topological polar surface area (TPSA) is 79.5 Å². The van der Waals surface area contributed by atoms with Crippen LogP contribution in [0.2, 0.25) is 0 Å². The third-order valence-corrected chi connectivity index (χ3v) is 5.31. The van der Waals surface area contributed by atoms with Gasteiger partial charge in [0.05, 0.1) is 12.0 Å². The Bertz CT molecular complexity index is 1010. The highest BCUT2D eigenvalue weighted by Gasteiger charge is 2.45. The average molecular weight is 363 g/mol. The number of benzene rings is 2. The number of hydrogen-bond donors (Lipinski definition) is 2. The van der Waals surface area contributed by atoms with E-state index in [0.29, 0.717) is 18.6 Å². The molecule has 1 aromatic heterocycles. The van der Waals surface area contributed by atoms with Crippen molar-refractivity contribution in [1.29, 1.82) is 0 Å². The fourth-order valence-electron chi connectivity index (χ4n) is 3.91. The minimum atomic E-state index is -1.07. The number of amides is 1. The summed E-state index contributed by atoms with van der Waals surface area (Å²) >= 11 is 0. The lowest BCUT2D eigenvalue weighted by molar-refractivity contribution is -0.151.